The summed E-state index contributed by atoms with van der Waals surface area (Å²) >= 11 is 6.04. The van der Waals surface area contributed by atoms with Gasteiger partial charge in [-0.25, -0.2) is 18.2 Å². The molecule has 2 aliphatic heterocycles. The average Bonchev–Trinajstić information content (AvgIpc) is 3.09. The number of carbonyl (C=O) groups excluding carboxylic acids is 1. The number of cyclic esters (lactones) is 1. The molecular formula is C17H19ClN4O4S. The normalized spacial score (nSPS) is 19.0. The van der Waals surface area contributed by atoms with Crippen LogP contribution in [-0.4, -0.2) is 47.5 Å². The third-order valence-electron chi connectivity index (χ3n) is 4.92. The molecule has 8 nitrogen and oxygen atoms in total. The second kappa shape index (κ2) is 6.81. The molecule has 0 radical (unpaired) electrons. The zero-order valence-electron chi connectivity index (χ0n) is 14.7. The van der Waals surface area contributed by atoms with Gasteiger partial charge in [-0.1, -0.05) is 11.6 Å². The van der Waals surface area contributed by atoms with E-state index in [-0.39, 0.29) is 17.7 Å². The first-order valence-electron chi connectivity index (χ1n) is 8.59. The van der Waals surface area contributed by atoms with Gasteiger partial charge in [0, 0.05) is 43.0 Å². The van der Waals surface area contributed by atoms with Crippen LogP contribution in [0.2, 0.25) is 5.02 Å². The Kier molecular flexibility index (Phi) is 4.61. The van der Waals surface area contributed by atoms with Gasteiger partial charge in [-0.05, 0) is 31.0 Å². The maximum Gasteiger partial charge on any atom is 0.414 e. The van der Waals surface area contributed by atoms with Crippen molar-refractivity contribution < 1.29 is 17.9 Å². The highest BCUT2D eigenvalue weighted by atomic mass is 35.5. The summed E-state index contributed by atoms with van der Waals surface area (Å²) in [4.78, 5) is 18.0. The Labute approximate surface area is 162 Å². The number of anilines is 1. The van der Waals surface area contributed by atoms with Gasteiger partial charge < -0.3 is 9.30 Å². The molecule has 3 heterocycles. The summed E-state index contributed by atoms with van der Waals surface area (Å²) < 4.78 is 33.7. The summed E-state index contributed by atoms with van der Waals surface area (Å²) in [6, 6.07) is 5.21. The van der Waals surface area contributed by atoms with E-state index in [4.69, 9.17) is 16.3 Å². The number of hydrogen-bond acceptors (Lipinski definition) is 5. The van der Waals surface area contributed by atoms with Gasteiger partial charge >= 0.3 is 6.09 Å². The van der Waals surface area contributed by atoms with Gasteiger partial charge in [0.25, 0.3) is 10.0 Å². The third kappa shape index (κ3) is 3.30. The van der Waals surface area contributed by atoms with Crippen molar-refractivity contribution in [2.45, 2.75) is 30.5 Å². The van der Waals surface area contributed by atoms with Crippen molar-refractivity contribution in [3.8, 4) is 0 Å². The van der Waals surface area contributed by atoms with Crippen LogP contribution in [0.25, 0.3) is 0 Å². The van der Waals surface area contributed by atoms with Gasteiger partial charge in [0.1, 0.15) is 6.61 Å². The molecule has 2 aromatic rings. The molecule has 144 valence electrons. The van der Waals surface area contributed by atoms with E-state index >= 15 is 0 Å². The maximum absolute atomic E-state index is 12.7. The van der Waals surface area contributed by atoms with Crippen molar-refractivity contribution in [3.63, 3.8) is 0 Å². The smallest absolute Gasteiger partial charge is 0.414 e. The van der Waals surface area contributed by atoms with Crippen LogP contribution in [0.3, 0.4) is 0 Å². The Morgan fingerprint density at radius 3 is 2.67 bits per heavy atom. The molecule has 4 rings (SSSR count). The van der Waals surface area contributed by atoms with Gasteiger partial charge in [-0.2, -0.15) is 4.31 Å². The summed E-state index contributed by atoms with van der Waals surface area (Å²) in [7, 11) is -1.90. The number of ether oxygens (including phenoxy) is 1. The summed E-state index contributed by atoms with van der Waals surface area (Å²) in [5.74, 6) is 0. The maximum atomic E-state index is 12.7. The molecule has 0 bridgehead atoms. The lowest BCUT2D eigenvalue weighted by molar-refractivity contribution is 0.136. The third-order valence-corrected chi connectivity index (χ3v) is 6.94. The standard InChI is InChI=1S/C17H19ClN4O4S/c1-20-9-16(19-11-20)27(24,25)21-6-4-14(5-7-21)22-15-3-2-13(18)8-12(15)10-26-17(22)23/h2-3,8-9,11,14H,4-7,10H2,1H3. The number of benzene rings is 1. The molecule has 1 aromatic carbocycles. The van der Waals surface area contributed by atoms with Gasteiger partial charge in [-0.3, -0.25) is 4.90 Å². The van der Waals surface area contributed by atoms with E-state index in [0.29, 0.717) is 31.0 Å². The second-order valence-corrected chi connectivity index (χ2v) is 9.03. The van der Waals surface area contributed by atoms with E-state index in [2.05, 4.69) is 4.98 Å². The number of nitrogens with zero attached hydrogens (tertiary/aromatic N) is 4. The van der Waals surface area contributed by atoms with E-state index < -0.39 is 16.1 Å². The largest absolute Gasteiger partial charge is 0.444 e. The lowest BCUT2D eigenvalue weighted by atomic mass is 10.0. The Hall–Kier alpha value is -2.10. The summed E-state index contributed by atoms with van der Waals surface area (Å²) in [5, 5.41) is 0.628. The Morgan fingerprint density at radius 1 is 1.26 bits per heavy atom. The molecule has 0 spiro atoms. The molecule has 0 aliphatic carbocycles. The number of fused-ring (bicyclic) bond motifs is 1. The monoisotopic (exact) mass is 410 g/mol. The summed E-state index contributed by atoms with van der Waals surface area (Å²) in [6.45, 7) is 0.824. The summed E-state index contributed by atoms with van der Waals surface area (Å²) in [6.07, 6.45) is 3.58. The topological polar surface area (TPSA) is 84.7 Å². The molecule has 1 aromatic heterocycles. The number of carbonyl (C=O) groups is 1. The van der Waals surface area contributed by atoms with Crippen molar-refractivity contribution in [2.75, 3.05) is 18.0 Å². The Bertz CT molecular complexity index is 983. The van der Waals surface area contributed by atoms with E-state index in [1.807, 2.05) is 6.07 Å². The molecule has 1 saturated heterocycles. The van der Waals surface area contributed by atoms with Crippen LogP contribution < -0.4 is 4.90 Å². The zero-order chi connectivity index (χ0) is 19.2. The lowest BCUT2D eigenvalue weighted by Gasteiger charge is -2.39. The van der Waals surface area contributed by atoms with Crippen molar-refractivity contribution in [1.29, 1.82) is 0 Å². The molecule has 1 fully saturated rings. The number of piperidine rings is 1. The second-order valence-electron chi connectivity index (χ2n) is 6.71. The SMILES string of the molecule is Cn1cnc(S(=O)(=O)N2CCC(N3C(=O)OCc4cc(Cl)ccc43)CC2)c1. The molecule has 0 unspecified atom stereocenters. The minimum Gasteiger partial charge on any atom is -0.444 e. The van der Waals surface area contributed by atoms with E-state index in [1.165, 1.54) is 16.8 Å². The molecule has 27 heavy (non-hydrogen) atoms. The van der Waals surface area contributed by atoms with Crippen LogP contribution in [0.5, 0.6) is 0 Å². The van der Waals surface area contributed by atoms with Crippen LogP contribution in [-0.2, 0) is 28.4 Å². The number of imidazole rings is 1. The van der Waals surface area contributed by atoms with Crippen molar-refractivity contribution >= 4 is 33.4 Å². The molecule has 0 saturated carbocycles. The average molecular weight is 411 g/mol. The fraction of sp³-hybridized carbons (Fsp3) is 0.412. The molecule has 1 amide bonds. The summed E-state index contributed by atoms with van der Waals surface area (Å²) in [5.41, 5.74) is 1.63. The number of aryl methyl sites for hydroxylation is 1. The Balaban J connectivity index is 1.52. The van der Waals surface area contributed by atoms with E-state index in [0.717, 1.165) is 11.3 Å². The number of aromatic nitrogens is 2. The fourth-order valence-electron chi connectivity index (χ4n) is 3.55. The number of halogens is 1. The minimum absolute atomic E-state index is 0.0424. The quantitative estimate of drug-likeness (QED) is 0.775. The molecular weight excluding hydrogens is 392 g/mol. The number of amides is 1. The number of hydrogen-bond donors (Lipinski definition) is 0. The van der Waals surface area contributed by atoms with Crippen LogP contribution >= 0.6 is 11.6 Å². The highest BCUT2D eigenvalue weighted by molar-refractivity contribution is 7.89. The molecule has 0 N–H and O–H groups in total. The zero-order valence-corrected chi connectivity index (χ0v) is 16.3. The predicted octanol–water partition coefficient (Wildman–Crippen LogP) is 2.38. The minimum atomic E-state index is -3.63. The van der Waals surface area contributed by atoms with E-state index in [9.17, 15) is 13.2 Å². The van der Waals surface area contributed by atoms with Gasteiger partial charge in [0.05, 0.1) is 12.0 Å². The fourth-order valence-corrected chi connectivity index (χ4v) is 5.18. The first-order valence-corrected chi connectivity index (χ1v) is 10.4. The van der Waals surface area contributed by atoms with E-state index in [1.54, 1.807) is 28.6 Å². The van der Waals surface area contributed by atoms with Crippen molar-refractivity contribution in [3.05, 3.63) is 41.3 Å². The molecule has 2 aliphatic rings. The van der Waals surface area contributed by atoms with Crippen LogP contribution in [0.1, 0.15) is 18.4 Å². The van der Waals surface area contributed by atoms with Gasteiger partial charge in [-0.15, -0.1) is 0 Å². The first kappa shape index (κ1) is 18.3. The van der Waals surface area contributed by atoms with Gasteiger partial charge in [0.15, 0.2) is 5.03 Å². The first-order chi connectivity index (χ1) is 12.9. The van der Waals surface area contributed by atoms with Crippen LogP contribution in [0.15, 0.2) is 35.7 Å². The lowest BCUT2D eigenvalue weighted by Crippen LogP contribution is -2.50. The van der Waals surface area contributed by atoms with Crippen molar-refractivity contribution in [2.24, 2.45) is 7.05 Å². The highest BCUT2D eigenvalue weighted by Gasteiger charge is 2.37. The highest BCUT2D eigenvalue weighted by Crippen LogP contribution is 2.34. The number of sulfonamides is 1. The Morgan fingerprint density at radius 2 is 2.00 bits per heavy atom. The van der Waals surface area contributed by atoms with Gasteiger partial charge in [0.2, 0.25) is 0 Å². The number of rotatable bonds is 3. The molecule has 10 heteroatoms. The van der Waals surface area contributed by atoms with Crippen molar-refractivity contribution in [1.82, 2.24) is 13.9 Å². The molecule has 0 atom stereocenters. The predicted molar refractivity (Wildman–Crippen MR) is 99.1 cm³/mol. The van der Waals surface area contributed by atoms with Crippen LogP contribution in [0.4, 0.5) is 10.5 Å². The van der Waals surface area contributed by atoms with Crippen LogP contribution in [0, 0.1) is 0 Å².